The van der Waals surface area contributed by atoms with E-state index in [9.17, 15) is 9.59 Å². The van der Waals surface area contributed by atoms with Gasteiger partial charge in [0.15, 0.2) is 0 Å². The van der Waals surface area contributed by atoms with Crippen LogP contribution in [0.25, 0.3) is 22.3 Å². The standard InChI is InChI=1S/C32H28N2O4/c33-17-18-34(31(35)37-19-29-25-13-5-1-9-21(25)22-10-2-6-14-26(22)29)32(36)38-20-30-27-15-7-3-11-23(27)24-12-4-8-16-28(24)30/h1-16,29-30H,17-20,33H2. The van der Waals surface area contributed by atoms with Crippen molar-refractivity contribution in [1.82, 2.24) is 4.90 Å². The first kappa shape index (κ1) is 23.9. The Morgan fingerprint density at radius 3 is 1.21 bits per heavy atom. The highest BCUT2D eigenvalue weighted by Crippen LogP contribution is 2.45. The molecule has 0 spiro atoms. The van der Waals surface area contributed by atoms with Crippen LogP contribution in [-0.4, -0.2) is 43.4 Å². The van der Waals surface area contributed by atoms with Gasteiger partial charge in [-0.1, -0.05) is 97.1 Å². The number of hydrogen-bond donors (Lipinski definition) is 1. The number of imide groups is 1. The molecular formula is C32H28N2O4. The van der Waals surface area contributed by atoms with Gasteiger partial charge >= 0.3 is 12.2 Å². The van der Waals surface area contributed by atoms with Gasteiger partial charge in [-0.15, -0.1) is 0 Å². The molecule has 0 saturated heterocycles. The minimum Gasteiger partial charge on any atom is -0.448 e. The summed E-state index contributed by atoms with van der Waals surface area (Å²) in [6, 6.07) is 32.5. The van der Waals surface area contributed by atoms with E-state index < -0.39 is 12.2 Å². The largest absolute Gasteiger partial charge is 0.448 e. The molecule has 0 saturated carbocycles. The molecule has 6 nitrogen and oxygen atoms in total. The lowest BCUT2D eigenvalue weighted by molar-refractivity contribution is 0.0749. The number of ether oxygens (including phenoxy) is 2. The fourth-order valence-electron chi connectivity index (χ4n) is 5.73. The van der Waals surface area contributed by atoms with E-state index in [4.69, 9.17) is 15.2 Å². The monoisotopic (exact) mass is 504 g/mol. The summed E-state index contributed by atoms with van der Waals surface area (Å²) in [5.74, 6) is -0.206. The number of amides is 2. The molecule has 0 heterocycles. The Kier molecular flexibility index (Phi) is 6.40. The number of nitrogens with two attached hydrogens (primary N) is 1. The van der Waals surface area contributed by atoms with Crippen molar-refractivity contribution in [2.45, 2.75) is 11.8 Å². The van der Waals surface area contributed by atoms with Crippen LogP contribution in [0.1, 0.15) is 34.1 Å². The normalized spacial score (nSPS) is 13.3. The molecule has 4 aromatic carbocycles. The second-order valence-corrected chi connectivity index (χ2v) is 9.55. The van der Waals surface area contributed by atoms with Crippen molar-refractivity contribution in [3.05, 3.63) is 119 Å². The molecule has 0 fully saturated rings. The lowest BCUT2D eigenvalue weighted by Gasteiger charge is -2.22. The van der Waals surface area contributed by atoms with E-state index in [1.807, 2.05) is 48.5 Å². The summed E-state index contributed by atoms with van der Waals surface area (Å²) in [7, 11) is 0. The number of benzene rings is 4. The third-order valence-electron chi connectivity index (χ3n) is 7.47. The van der Waals surface area contributed by atoms with Gasteiger partial charge in [0.25, 0.3) is 0 Å². The zero-order valence-corrected chi connectivity index (χ0v) is 20.9. The summed E-state index contributed by atoms with van der Waals surface area (Å²) in [5, 5.41) is 0. The highest BCUT2D eigenvalue weighted by molar-refractivity contribution is 5.88. The first-order valence-corrected chi connectivity index (χ1v) is 12.8. The van der Waals surface area contributed by atoms with E-state index in [2.05, 4.69) is 48.5 Å². The van der Waals surface area contributed by atoms with Gasteiger partial charge in [0, 0.05) is 24.9 Å². The molecule has 6 rings (SSSR count). The average molecular weight is 505 g/mol. The van der Waals surface area contributed by atoms with Crippen LogP contribution in [0.2, 0.25) is 0 Å². The Balaban J connectivity index is 1.15. The van der Waals surface area contributed by atoms with Gasteiger partial charge in [-0.25, -0.2) is 14.5 Å². The maximum absolute atomic E-state index is 13.1. The van der Waals surface area contributed by atoms with Crippen LogP contribution in [0, 0.1) is 0 Å². The highest BCUT2D eigenvalue weighted by Gasteiger charge is 2.33. The van der Waals surface area contributed by atoms with Crippen LogP contribution in [0.3, 0.4) is 0 Å². The number of carbonyl (C=O) groups excluding carboxylic acids is 2. The van der Waals surface area contributed by atoms with Crippen molar-refractivity contribution in [2.24, 2.45) is 5.73 Å². The minimum atomic E-state index is -0.755. The second kappa shape index (κ2) is 10.1. The lowest BCUT2D eigenvalue weighted by Crippen LogP contribution is -2.41. The molecular weight excluding hydrogens is 476 g/mol. The van der Waals surface area contributed by atoms with E-state index in [0.29, 0.717) is 0 Å². The quantitative estimate of drug-likeness (QED) is 0.341. The van der Waals surface area contributed by atoms with Crippen molar-refractivity contribution in [1.29, 1.82) is 0 Å². The van der Waals surface area contributed by atoms with Crippen molar-refractivity contribution in [2.75, 3.05) is 26.3 Å². The molecule has 0 aliphatic heterocycles. The molecule has 2 aliphatic carbocycles. The predicted octanol–water partition coefficient (Wildman–Crippen LogP) is 6.15. The van der Waals surface area contributed by atoms with Crippen molar-refractivity contribution >= 4 is 12.2 Å². The maximum atomic E-state index is 13.1. The molecule has 0 aromatic heterocycles. The van der Waals surface area contributed by atoms with Crippen molar-refractivity contribution < 1.29 is 19.1 Å². The third-order valence-corrected chi connectivity index (χ3v) is 7.47. The van der Waals surface area contributed by atoms with Gasteiger partial charge in [-0.3, -0.25) is 0 Å². The van der Waals surface area contributed by atoms with Gasteiger partial charge < -0.3 is 15.2 Å². The van der Waals surface area contributed by atoms with Crippen LogP contribution in [-0.2, 0) is 9.47 Å². The molecule has 4 aromatic rings. The number of rotatable bonds is 6. The Morgan fingerprint density at radius 1 is 0.579 bits per heavy atom. The zero-order valence-electron chi connectivity index (χ0n) is 20.9. The molecule has 0 atom stereocenters. The van der Waals surface area contributed by atoms with E-state index in [1.165, 1.54) is 0 Å². The lowest BCUT2D eigenvalue weighted by atomic mass is 9.98. The SMILES string of the molecule is NCCN(C(=O)OCC1c2ccccc2-c2ccccc21)C(=O)OCC1c2ccccc2-c2ccccc21. The third kappa shape index (κ3) is 4.13. The summed E-state index contributed by atoms with van der Waals surface area (Å²) in [6.45, 7) is 0.344. The fraction of sp³-hybridized carbons (Fsp3) is 0.188. The van der Waals surface area contributed by atoms with Gasteiger partial charge in [0.2, 0.25) is 0 Å². The topological polar surface area (TPSA) is 81.9 Å². The van der Waals surface area contributed by atoms with E-state index in [0.717, 1.165) is 49.4 Å². The number of nitrogens with zero attached hydrogens (tertiary/aromatic N) is 1. The molecule has 0 bridgehead atoms. The Hall–Kier alpha value is -4.42. The van der Waals surface area contributed by atoms with Gasteiger partial charge in [0.05, 0.1) is 0 Å². The van der Waals surface area contributed by atoms with E-state index >= 15 is 0 Å². The first-order valence-electron chi connectivity index (χ1n) is 12.8. The molecule has 6 heteroatoms. The number of fused-ring (bicyclic) bond motifs is 6. The predicted molar refractivity (Wildman–Crippen MR) is 146 cm³/mol. The summed E-state index contributed by atoms with van der Waals surface area (Å²) in [6.07, 6.45) is -1.51. The summed E-state index contributed by atoms with van der Waals surface area (Å²) in [4.78, 5) is 27.1. The molecule has 0 radical (unpaired) electrons. The fourth-order valence-corrected chi connectivity index (χ4v) is 5.73. The number of hydrogen-bond acceptors (Lipinski definition) is 5. The highest BCUT2D eigenvalue weighted by atomic mass is 16.6. The smallest absolute Gasteiger partial charge is 0.419 e. The summed E-state index contributed by atoms with van der Waals surface area (Å²) >= 11 is 0. The Morgan fingerprint density at radius 2 is 0.895 bits per heavy atom. The molecule has 0 unspecified atom stereocenters. The van der Waals surface area contributed by atoms with Crippen LogP contribution >= 0.6 is 0 Å². The molecule has 190 valence electrons. The maximum Gasteiger partial charge on any atom is 0.419 e. The Bertz CT molecular complexity index is 1310. The average Bonchev–Trinajstić information content (AvgIpc) is 3.46. The Labute approximate surface area is 221 Å². The van der Waals surface area contributed by atoms with Gasteiger partial charge in [-0.05, 0) is 44.5 Å². The van der Waals surface area contributed by atoms with E-state index in [-0.39, 0.29) is 38.1 Å². The van der Waals surface area contributed by atoms with Crippen LogP contribution in [0.4, 0.5) is 9.59 Å². The second-order valence-electron chi connectivity index (χ2n) is 9.55. The first-order chi connectivity index (χ1) is 18.7. The number of carbonyl (C=O) groups is 2. The molecule has 2 amide bonds. The molecule has 2 aliphatic rings. The van der Waals surface area contributed by atoms with Crippen molar-refractivity contribution in [3.8, 4) is 22.3 Å². The summed E-state index contributed by atoms with van der Waals surface area (Å²) in [5.41, 5.74) is 14.7. The molecule has 2 N–H and O–H groups in total. The van der Waals surface area contributed by atoms with Crippen LogP contribution in [0.15, 0.2) is 97.1 Å². The van der Waals surface area contributed by atoms with Crippen LogP contribution in [0.5, 0.6) is 0 Å². The van der Waals surface area contributed by atoms with Crippen LogP contribution < -0.4 is 5.73 Å². The van der Waals surface area contributed by atoms with Crippen molar-refractivity contribution in [3.63, 3.8) is 0 Å². The van der Waals surface area contributed by atoms with Gasteiger partial charge in [0.1, 0.15) is 13.2 Å². The van der Waals surface area contributed by atoms with E-state index in [1.54, 1.807) is 0 Å². The minimum absolute atomic E-state index is 0.00729. The molecule has 38 heavy (non-hydrogen) atoms. The summed E-state index contributed by atoms with van der Waals surface area (Å²) < 4.78 is 11.4. The zero-order chi connectivity index (χ0) is 26.1. The van der Waals surface area contributed by atoms with Gasteiger partial charge in [-0.2, -0.15) is 0 Å².